The van der Waals surface area contributed by atoms with E-state index in [0.29, 0.717) is 11.4 Å². The highest BCUT2D eigenvalue weighted by Gasteiger charge is 2.33. The molecule has 3 aromatic carbocycles. The minimum Gasteiger partial charge on any atom is -0.497 e. The zero-order valence-electron chi connectivity index (χ0n) is 23.2. The summed E-state index contributed by atoms with van der Waals surface area (Å²) < 4.78 is 34.1. The number of benzene rings is 3. The van der Waals surface area contributed by atoms with E-state index in [1.165, 1.54) is 24.1 Å². The molecule has 1 atom stereocenters. The number of sulfonamides is 1. The number of ether oxygens (including phenoxy) is 1. The summed E-state index contributed by atoms with van der Waals surface area (Å²) in [5.41, 5.74) is 2.16. The molecule has 8 nitrogen and oxygen atoms in total. The van der Waals surface area contributed by atoms with Crippen LogP contribution < -0.4 is 14.4 Å². The van der Waals surface area contributed by atoms with Gasteiger partial charge in [0.25, 0.3) is 10.0 Å². The van der Waals surface area contributed by atoms with Gasteiger partial charge in [0.05, 0.1) is 17.7 Å². The molecule has 0 heterocycles. The molecule has 0 aliphatic heterocycles. The summed E-state index contributed by atoms with van der Waals surface area (Å²) in [5, 5.41) is 3.08. The lowest BCUT2D eigenvalue weighted by molar-refractivity contribution is -0.139. The van der Waals surface area contributed by atoms with Gasteiger partial charge in [0.2, 0.25) is 11.8 Å². The largest absolute Gasteiger partial charge is 0.497 e. The lowest BCUT2D eigenvalue weighted by atomic mass is 10.1. The molecule has 0 saturated heterocycles. The van der Waals surface area contributed by atoms with Crippen LogP contribution in [0.5, 0.6) is 5.75 Å². The van der Waals surface area contributed by atoms with E-state index in [0.717, 1.165) is 41.1 Å². The first-order chi connectivity index (χ1) is 19.2. The molecule has 1 fully saturated rings. The molecule has 2 amide bonds. The van der Waals surface area contributed by atoms with Crippen molar-refractivity contribution in [1.29, 1.82) is 0 Å². The van der Waals surface area contributed by atoms with E-state index in [1.54, 1.807) is 43.3 Å². The van der Waals surface area contributed by atoms with Gasteiger partial charge in [-0.2, -0.15) is 0 Å². The summed E-state index contributed by atoms with van der Waals surface area (Å²) in [6.45, 7) is 3.30. The van der Waals surface area contributed by atoms with Gasteiger partial charge in [0, 0.05) is 12.6 Å². The number of anilines is 1. The highest BCUT2D eigenvalue weighted by atomic mass is 32.2. The Balaban J connectivity index is 1.66. The summed E-state index contributed by atoms with van der Waals surface area (Å²) in [7, 11) is -2.62. The first-order valence-electron chi connectivity index (χ1n) is 13.6. The second kappa shape index (κ2) is 13.0. The molecule has 9 heteroatoms. The molecule has 0 bridgehead atoms. The van der Waals surface area contributed by atoms with Crippen molar-refractivity contribution in [1.82, 2.24) is 10.2 Å². The molecule has 40 heavy (non-hydrogen) atoms. The van der Waals surface area contributed by atoms with Gasteiger partial charge >= 0.3 is 0 Å². The smallest absolute Gasteiger partial charge is 0.264 e. The number of hydrogen-bond donors (Lipinski definition) is 1. The maximum atomic E-state index is 14.0. The third kappa shape index (κ3) is 7.01. The minimum absolute atomic E-state index is 0.0308. The average Bonchev–Trinajstić information content (AvgIpc) is 3.48. The Kier molecular flexibility index (Phi) is 9.47. The van der Waals surface area contributed by atoms with Gasteiger partial charge in [-0.25, -0.2) is 8.42 Å². The topological polar surface area (TPSA) is 96.0 Å². The van der Waals surface area contributed by atoms with Crippen molar-refractivity contribution in [3.8, 4) is 5.75 Å². The predicted octanol–water partition coefficient (Wildman–Crippen LogP) is 4.68. The maximum Gasteiger partial charge on any atom is 0.264 e. The van der Waals surface area contributed by atoms with Crippen LogP contribution >= 0.6 is 0 Å². The second-order valence-electron chi connectivity index (χ2n) is 10.2. The maximum absolute atomic E-state index is 14.0. The molecule has 1 aliphatic rings. The zero-order chi connectivity index (χ0) is 28.7. The van der Waals surface area contributed by atoms with Crippen LogP contribution in [0.3, 0.4) is 0 Å². The number of methoxy groups -OCH3 is 1. The van der Waals surface area contributed by atoms with Crippen molar-refractivity contribution < 1.29 is 22.7 Å². The van der Waals surface area contributed by atoms with Crippen molar-refractivity contribution in [3.63, 3.8) is 0 Å². The lowest BCUT2D eigenvalue weighted by Gasteiger charge is -2.32. The van der Waals surface area contributed by atoms with Gasteiger partial charge in [-0.05, 0) is 68.7 Å². The first kappa shape index (κ1) is 29.1. The molecule has 1 aliphatic carbocycles. The van der Waals surface area contributed by atoms with Gasteiger partial charge in [0.1, 0.15) is 18.3 Å². The number of nitrogens with zero attached hydrogens (tertiary/aromatic N) is 2. The quantitative estimate of drug-likeness (QED) is 0.366. The first-order valence-corrected chi connectivity index (χ1v) is 15.0. The third-order valence-corrected chi connectivity index (χ3v) is 9.10. The second-order valence-corrected chi connectivity index (χ2v) is 12.1. The molecular weight excluding hydrogens is 526 g/mol. The molecule has 1 N–H and O–H groups in total. The minimum atomic E-state index is -4.13. The van der Waals surface area contributed by atoms with Gasteiger partial charge in [-0.3, -0.25) is 13.9 Å². The number of carbonyl (C=O) groups excluding carboxylic acids is 2. The number of aryl methyl sites for hydroxylation is 1. The summed E-state index contributed by atoms with van der Waals surface area (Å²) in [5.74, 6) is -0.195. The van der Waals surface area contributed by atoms with Crippen molar-refractivity contribution in [2.45, 2.75) is 63.1 Å². The summed E-state index contributed by atoms with van der Waals surface area (Å²) >= 11 is 0. The van der Waals surface area contributed by atoms with Crippen LogP contribution in [0.1, 0.15) is 43.7 Å². The van der Waals surface area contributed by atoms with Crippen molar-refractivity contribution in [2.75, 3.05) is 18.0 Å². The number of rotatable bonds is 11. The van der Waals surface area contributed by atoms with Gasteiger partial charge in [-0.1, -0.05) is 60.9 Å². The lowest BCUT2D eigenvalue weighted by Crippen LogP contribution is -2.52. The van der Waals surface area contributed by atoms with Crippen LogP contribution in [0.15, 0.2) is 83.8 Å². The Morgan fingerprint density at radius 1 is 0.950 bits per heavy atom. The number of hydrogen-bond acceptors (Lipinski definition) is 5. The van der Waals surface area contributed by atoms with Crippen LogP contribution in [0.4, 0.5) is 5.69 Å². The monoisotopic (exact) mass is 563 g/mol. The highest BCUT2D eigenvalue weighted by molar-refractivity contribution is 7.92. The van der Waals surface area contributed by atoms with Gasteiger partial charge in [-0.15, -0.1) is 0 Å². The molecule has 0 unspecified atom stereocenters. The fourth-order valence-electron chi connectivity index (χ4n) is 4.87. The fraction of sp³-hybridized carbons (Fsp3) is 0.355. The number of carbonyl (C=O) groups is 2. The standard InChI is InChI=1S/C31H37N3O5S/c1-23-13-15-27(16-14-23)34(40(37,38)29-19-17-28(39-3)18-20-29)22-30(35)33(21-25-9-5-4-6-10-25)24(2)31(36)32-26-11-7-8-12-26/h4-6,9-10,13-20,24,26H,7-8,11-12,21-22H2,1-3H3,(H,32,36)/t24-/m1/s1. The Labute approximate surface area is 237 Å². The van der Waals surface area contributed by atoms with Crippen LogP contribution in [-0.4, -0.2) is 50.9 Å². The summed E-state index contributed by atoms with van der Waals surface area (Å²) in [4.78, 5) is 28.7. The summed E-state index contributed by atoms with van der Waals surface area (Å²) in [6, 6.07) is 21.7. The van der Waals surface area contributed by atoms with Crippen molar-refractivity contribution in [2.24, 2.45) is 0 Å². The highest BCUT2D eigenvalue weighted by Crippen LogP contribution is 2.26. The van der Waals surface area contributed by atoms with E-state index in [-0.39, 0.29) is 23.4 Å². The molecule has 0 aromatic heterocycles. The Morgan fingerprint density at radius 3 is 2.17 bits per heavy atom. The van der Waals surface area contributed by atoms with Crippen molar-refractivity contribution >= 4 is 27.5 Å². The Morgan fingerprint density at radius 2 is 1.57 bits per heavy atom. The molecule has 0 spiro atoms. The van der Waals surface area contributed by atoms with Crippen LogP contribution in [0.2, 0.25) is 0 Å². The van der Waals surface area contributed by atoms with E-state index in [2.05, 4.69) is 5.32 Å². The Bertz CT molecular complexity index is 1390. The number of amides is 2. The third-order valence-electron chi connectivity index (χ3n) is 7.31. The molecule has 212 valence electrons. The summed E-state index contributed by atoms with van der Waals surface area (Å²) in [6.07, 6.45) is 3.99. The normalized spacial score (nSPS) is 14.4. The zero-order valence-corrected chi connectivity index (χ0v) is 24.1. The van der Waals surface area contributed by atoms with Gasteiger partial charge in [0.15, 0.2) is 0 Å². The molecule has 1 saturated carbocycles. The number of nitrogens with one attached hydrogen (secondary N) is 1. The van der Waals surface area contributed by atoms with E-state index >= 15 is 0 Å². The van der Waals surface area contributed by atoms with Crippen LogP contribution in [-0.2, 0) is 26.2 Å². The van der Waals surface area contributed by atoms with Crippen molar-refractivity contribution in [3.05, 3.63) is 90.0 Å². The van der Waals surface area contributed by atoms with E-state index in [1.807, 2.05) is 37.3 Å². The SMILES string of the molecule is COc1ccc(S(=O)(=O)N(CC(=O)N(Cc2ccccc2)[C@H](C)C(=O)NC2CCCC2)c2ccc(C)cc2)cc1. The predicted molar refractivity (Wildman–Crippen MR) is 156 cm³/mol. The van der Waals surface area contributed by atoms with E-state index in [9.17, 15) is 18.0 Å². The van der Waals surface area contributed by atoms with E-state index < -0.39 is 28.5 Å². The molecule has 0 radical (unpaired) electrons. The fourth-order valence-corrected chi connectivity index (χ4v) is 6.28. The van der Waals surface area contributed by atoms with E-state index in [4.69, 9.17) is 4.74 Å². The molecule has 4 rings (SSSR count). The van der Waals surface area contributed by atoms with Gasteiger partial charge < -0.3 is 15.0 Å². The molecular formula is C31H37N3O5S. The Hall–Kier alpha value is -3.85. The molecule has 3 aromatic rings. The van der Waals surface area contributed by atoms with Crippen LogP contribution in [0.25, 0.3) is 0 Å². The van der Waals surface area contributed by atoms with Crippen LogP contribution in [0, 0.1) is 6.92 Å². The average molecular weight is 564 g/mol.